The average molecular weight is 266 g/mol. The van der Waals surface area contributed by atoms with Crippen LogP contribution in [0.25, 0.3) is 0 Å². The molecule has 1 aromatic heterocycles. The summed E-state index contributed by atoms with van der Waals surface area (Å²) in [4.78, 5) is 3.18. The van der Waals surface area contributed by atoms with E-state index in [9.17, 15) is 13.2 Å². The molecule has 0 radical (unpaired) electrons. The summed E-state index contributed by atoms with van der Waals surface area (Å²) in [5.41, 5.74) is -1.09. The fourth-order valence-electron chi connectivity index (χ4n) is 0.838. The van der Waals surface area contributed by atoms with Gasteiger partial charge in [-0.15, -0.1) is 24.0 Å². The molecule has 0 amide bonds. The van der Waals surface area contributed by atoms with Crippen LogP contribution < -0.4 is 0 Å². The Hall–Kier alpha value is -0.190. The summed E-state index contributed by atoms with van der Waals surface area (Å²) in [6, 6.07) is 1.16. The van der Waals surface area contributed by atoms with Gasteiger partial charge in [-0.05, 0) is 11.6 Å². The molecule has 1 rings (SSSR count). The van der Waals surface area contributed by atoms with Crippen molar-refractivity contribution in [2.45, 2.75) is 12.1 Å². The van der Waals surface area contributed by atoms with E-state index in [4.69, 9.17) is 23.2 Å². The van der Waals surface area contributed by atoms with Crippen LogP contribution in [0.5, 0.6) is 0 Å². The van der Waals surface area contributed by atoms with Crippen molar-refractivity contribution >= 4 is 35.6 Å². The maximum Gasteiger partial charge on any atom is 0.433 e. The van der Waals surface area contributed by atoms with Gasteiger partial charge in [-0.3, -0.25) is 0 Å². The van der Waals surface area contributed by atoms with Crippen LogP contribution in [0.1, 0.15) is 11.3 Å². The summed E-state index contributed by atoms with van der Waals surface area (Å²) in [6.07, 6.45) is -3.53. The van der Waals surface area contributed by atoms with Gasteiger partial charge in [-0.25, -0.2) is 4.98 Å². The average Bonchev–Trinajstić information content (AvgIpc) is 2.01. The van der Waals surface area contributed by atoms with Crippen LogP contribution in [0.3, 0.4) is 0 Å². The van der Waals surface area contributed by atoms with Gasteiger partial charge in [0.1, 0.15) is 5.69 Å². The summed E-state index contributed by atoms with van der Waals surface area (Å²) in [5.74, 6) is -0.262. The Balaban J connectivity index is 0.00000169. The van der Waals surface area contributed by atoms with E-state index in [1.54, 1.807) is 0 Å². The molecule has 0 fully saturated rings. The van der Waals surface area contributed by atoms with Crippen LogP contribution >= 0.6 is 35.6 Å². The standard InChI is InChI=1S/C7H4Cl2F3N.ClH/c8-2-4-1-5(9)3-13-6(4)7(10,11)12;/h1,3H,2H2;1H. The highest BCUT2D eigenvalue weighted by Gasteiger charge is 2.34. The van der Waals surface area contributed by atoms with Crippen LogP contribution in [0, 0.1) is 0 Å². The van der Waals surface area contributed by atoms with E-state index in [1.165, 1.54) is 0 Å². The maximum atomic E-state index is 12.2. The van der Waals surface area contributed by atoms with Crippen LogP contribution in [-0.2, 0) is 12.1 Å². The molecular formula is C7H5Cl3F3N. The van der Waals surface area contributed by atoms with E-state index >= 15 is 0 Å². The first-order valence-corrected chi connectivity index (χ1v) is 4.14. The zero-order chi connectivity index (χ0) is 10.1. The minimum absolute atomic E-state index is 0. The Morgan fingerprint density at radius 2 is 1.93 bits per heavy atom. The van der Waals surface area contributed by atoms with E-state index in [2.05, 4.69) is 4.98 Å². The predicted molar refractivity (Wildman–Crippen MR) is 51.1 cm³/mol. The molecular weight excluding hydrogens is 261 g/mol. The van der Waals surface area contributed by atoms with Crippen molar-refractivity contribution in [3.63, 3.8) is 0 Å². The summed E-state index contributed by atoms with van der Waals surface area (Å²) in [6.45, 7) is 0. The van der Waals surface area contributed by atoms with Crippen molar-refractivity contribution in [2.75, 3.05) is 0 Å². The summed E-state index contributed by atoms with van der Waals surface area (Å²) in [5, 5.41) is 0.142. The first-order valence-electron chi connectivity index (χ1n) is 3.22. The molecule has 0 N–H and O–H groups in total. The van der Waals surface area contributed by atoms with Crippen LogP contribution in [0.4, 0.5) is 13.2 Å². The lowest BCUT2D eigenvalue weighted by atomic mass is 10.2. The molecule has 1 nitrogen and oxygen atoms in total. The first kappa shape index (κ1) is 13.8. The minimum atomic E-state index is -4.48. The third-order valence-corrected chi connectivity index (χ3v) is 1.84. The molecule has 7 heteroatoms. The van der Waals surface area contributed by atoms with Gasteiger partial charge in [0, 0.05) is 12.1 Å². The predicted octanol–water partition coefficient (Wildman–Crippen LogP) is 3.91. The van der Waals surface area contributed by atoms with Gasteiger partial charge < -0.3 is 0 Å². The number of nitrogens with zero attached hydrogens (tertiary/aromatic N) is 1. The molecule has 80 valence electrons. The third kappa shape index (κ3) is 3.19. The van der Waals surface area contributed by atoms with Gasteiger partial charge in [0.05, 0.1) is 5.02 Å². The SMILES string of the molecule is Cl.FC(F)(F)c1ncc(Cl)cc1CCl. The molecule has 0 aliphatic carbocycles. The van der Waals surface area contributed by atoms with E-state index in [-0.39, 0.29) is 28.9 Å². The molecule has 0 aliphatic heterocycles. The second-order valence-electron chi connectivity index (χ2n) is 2.29. The second-order valence-corrected chi connectivity index (χ2v) is 3.00. The molecule has 1 heterocycles. The molecule has 0 aromatic carbocycles. The van der Waals surface area contributed by atoms with Crippen molar-refractivity contribution in [1.29, 1.82) is 0 Å². The Kier molecular flexibility index (Phi) is 4.98. The molecule has 0 spiro atoms. The lowest BCUT2D eigenvalue weighted by molar-refractivity contribution is -0.141. The second kappa shape index (κ2) is 5.05. The molecule has 0 bridgehead atoms. The Labute approximate surface area is 94.6 Å². The largest absolute Gasteiger partial charge is 0.433 e. The number of rotatable bonds is 1. The normalized spacial score (nSPS) is 10.9. The Morgan fingerprint density at radius 3 is 2.36 bits per heavy atom. The number of hydrogen-bond acceptors (Lipinski definition) is 1. The third-order valence-electron chi connectivity index (χ3n) is 1.35. The van der Waals surface area contributed by atoms with Crippen LogP contribution in [-0.4, -0.2) is 4.98 Å². The van der Waals surface area contributed by atoms with Crippen LogP contribution in [0.15, 0.2) is 12.3 Å². The fraction of sp³-hybridized carbons (Fsp3) is 0.286. The molecule has 0 aliphatic rings. The van der Waals surface area contributed by atoms with E-state index < -0.39 is 11.9 Å². The van der Waals surface area contributed by atoms with Gasteiger partial charge in [0.15, 0.2) is 0 Å². The van der Waals surface area contributed by atoms with Crippen molar-refractivity contribution in [3.05, 3.63) is 28.5 Å². The molecule has 0 unspecified atom stereocenters. The van der Waals surface area contributed by atoms with Crippen molar-refractivity contribution in [3.8, 4) is 0 Å². The summed E-state index contributed by atoms with van der Waals surface area (Å²) >= 11 is 10.8. The fourth-order valence-corrected chi connectivity index (χ4v) is 1.22. The first-order chi connectivity index (χ1) is 5.95. The zero-order valence-electron chi connectivity index (χ0n) is 6.61. The van der Waals surface area contributed by atoms with Crippen molar-refractivity contribution < 1.29 is 13.2 Å². The summed E-state index contributed by atoms with van der Waals surface area (Å²) in [7, 11) is 0. The number of halogens is 6. The van der Waals surface area contributed by atoms with Gasteiger partial charge in [0.25, 0.3) is 0 Å². The smallest absolute Gasteiger partial charge is 0.250 e. The molecule has 14 heavy (non-hydrogen) atoms. The van der Waals surface area contributed by atoms with E-state index in [0.29, 0.717) is 0 Å². The monoisotopic (exact) mass is 265 g/mol. The Morgan fingerprint density at radius 1 is 1.36 bits per heavy atom. The van der Waals surface area contributed by atoms with Crippen LogP contribution in [0.2, 0.25) is 5.02 Å². The van der Waals surface area contributed by atoms with Crippen molar-refractivity contribution in [1.82, 2.24) is 4.98 Å². The molecule has 0 saturated heterocycles. The van der Waals surface area contributed by atoms with E-state index in [0.717, 1.165) is 12.3 Å². The van der Waals surface area contributed by atoms with Crippen molar-refractivity contribution in [2.24, 2.45) is 0 Å². The number of pyridine rings is 1. The molecule has 1 aromatic rings. The highest BCUT2D eigenvalue weighted by atomic mass is 35.5. The van der Waals surface area contributed by atoms with Gasteiger partial charge in [-0.1, -0.05) is 11.6 Å². The lowest BCUT2D eigenvalue weighted by Crippen LogP contribution is -2.11. The zero-order valence-corrected chi connectivity index (χ0v) is 8.94. The van der Waals surface area contributed by atoms with Gasteiger partial charge in [-0.2, -0.15) is 13.2 Å². The van der Waals surface area contributed by atoms with Gasteiger partial charge in [0.2, 0.25) is 0 Å². The maximum absolute atomic E-state index is 12.2. The van der Waals surface area contributed by atoms with Gasteiger partial charge >= 0.3 is 6.18 Å². The minimum Gasteiger partial charge on any atom is -0.250 e. The highest BCUT2D eigenvalue weighted by Crippen LogP contribution is 2.31. The Bertz CT molecular complexity index is 314. The topological polar surface area (TPSA) is 12.9 Å². The number of alkyl halides is 4. The number of aromatic nitrogens is 1. The number of hydrogen-bond donors (Lipinski definition) is 0. The highest BCUT2D eigenvalue weighted by molar-refractivity contribution is 6.30. The quantitative estimate of drug-likeness (QED) is 0.702. The van der Waals surface area contributed by atoms with E-state index in [1.807, 2.05) is 0 Å². The summed E-state index contributed by atoms with van der Waals surface area (Å²) < 4.78 is 36.6. The lowest BCUT2D eigenvalue weighted by Gasteiger charge is -2.09. The molecule has 0 saturated carbocycles. The molecule has 0 atom stereocenters.